The molecule has 6 nitrogen and oxygen atoms in total. The Balaban J connectivity index is 0.000000235. The Labute approximate surface area is 388 Å². The maximum absolute atomic E-state index is 12.2. The lowest BCUT2D eigenvalue weighted by Crippen LogP contribution is -2.37. The van der Waals surface area contributed by atoms with Crippen LogP contribution in [0.4, 0.5) is 5.69 Å². The van der Waals surface area contributed by atoms with Crippen LogP contribution >= 0.6 is 0 Å². The molecule has 328 valence electrons. The van der Waals surface area contributed by atoms with Gasteiger partial charge in [0.1, 0.15) is 11.5 Å². The van der Waals surface area contributed by atoms with Gasteiger partial charge in [-0.3, -0.25) is 14.5 Å². The Hall–Kier alpha value is -8.06. The largest absolute Gasteiger partial charge is 0.497 e. The van der Waals surface area contributed by atoms with Crippen LogP contribution in [0, 0.1) is 30.6 Å². The van der Waals surface area contributed by atoms with Crippen molar-refractivity contribution in [3.05, 3.63) is 185 Å². The van der Waals surface area contributed by atoms with Crippen molar-refractivity contribution in [2.75, 3.05) is 40.3 Å². The Morgan fingerprint density at radius 2 is 0.939 bits per heavy atom. The zero-order chi connectivity index (χ0) is 47.1. The van der Waals surface area contributed by atoms with Crippen LogP contribution in [0.5, 0.6) is 11.5 Å². The minimum atomic E-state index is -0.237. The third-order valence-corrected chi connectivity index (χ3v) is 11.6. The van der Waals surface area contributed by atoms with Gasteiger partial charge in [0.15, 0.2) is 0 Å². The van der Waals surface area contributed by atoms with Gasteiger partial charge in [0.2, 0.25) is 0 Å². The summed E-state index contributed by atoms with van der Waals surface area (Å²) < 4.78 is 10.9. The number of imide groups is 1. The summed E-state index contributed by atoms with van der Waals surface area (Å²) in [5.41, 5.74) is 7.39. The van der Waals surface area contributed by atoms with E-state index in [0.717, 1.165) is 93.3 Å². The molecule has 1 aliphatic rings. The lowest BCUT2D eigenvalue weighted by Gasteiger charge is -2.25. The number of methoxy groups -OCH3 is 2. The highest BCUT2D eigenvalue weighted by Crippen LogP contribution is 2.36. The summed E-state index contributed by atoms with van der Waals surface area (Å²) in [4.78, 5) is 27.5. The van der Waals surface area contributed by atoms with Crippen LogP contribution in [0.2, 0.25) is 0 Å². The molecule has 0 saturated heterocycles. The summed E-state index contributed by atoms with van der Waals surface area (Å²) in [6.07, 6.45) is 0. The summed E-state index contributed by atoms with van der Waals surface area (Å²) in [6, 6.07) is 49.0. The maximum atomic E-state index is 12.2. The van der Waals surface area contributed by atoms with Crippen LogP contribution in [-0.4, -0.2) is 52.1 Å². The highest BCUT2D eigenvalue weighted by atomic mass is 16.5. The number of amides is 2. The van der Waals surface area contributed by atoms with Crippen molar-refractivity contribution in [2.24, 2.45) is 0 Å². The maximum Gasteiger partial charge on any atom is 0.261 e. The second-order valence-electron chi connectivity index (χ2n) is 15.6. The Morgan fingerprint density at radius 3 is 1.47 bits per heavy atom. The number of benzene rings is 9. The third kappa shape index (κ3) is 8.75. The van der Waals surface area contributed by atoms with Gasteiger partial charge in [-0.1, -0.05) is 136 Å². The summed E-state index contributed by atoms with van der Waals surface area (Å²) in [6.45, 7) is 10.1. The summed E-state index contributed by atoms with van der Waals surface area (Å²) in [5, 5.41) is 10.5. The van der Waals surface area contributed by atoms with E-state index in [2.05, 4.69) is 116 Å². The summed E-state index contributed by atoms with van der Waals surface area (Å²) in [7, 11) is 8.80. The molecular weight excluding hydrogens is 813 g/mol. The predicted molar refractivity (Wildman–Crippen MR) is 277 cm³/mol. The fourth-order valence-electron chi connectivity index (χ4n) is 8.41. The highest BCUT2D eigenvalue weighted by Gasteiger charge is 2.30. The predicted octanol–water partition coefficient (Wildman–Crippen LogP) is 13.6. The number of aryl methyl sites for hydroxylation is 1. The smallest absolute Gasteiger partial charge is 0.261 e. The number of fused-ring (bicyclic) bond motifs is 4. The highest BCUT2D eigenvalue weighted by molar-refractivity contribution is 6.26. The average molecular weight is 867 g/mol. The van der Waals surface area contributed by atoms with Gasteiger partial charge in [0.05, 0.1) is 14.2 Å². The van der Waals surface area contributed by atoms with Crippen molar-refractivity contribution in [2.45, 2.75) is 34.6 Å². The van der Waals surface area contributed by atoms with Gasteiger partial charge in [-0.05, 0) is 117 Å². The van der Waals surface area contributed by atoms with Crippen LogP contribution in [0.25, 0.3) is 53.9 Å². The molecule has 0 fully saturated rings. The number of carbonyl (C=O) groups is 2. The molecule has 1 heterocycles. The van der Waals surface area contributed by atoms with E-state index in [9.17, 15) is 9.59 Å². The van der Waals surface area contributed by atoms with Crippen LogP contribution < -0.4 is 14.4 Å². The van der Waals surface area contributed by atoms with Crippen molar-refractivity contribution in [1.82, 2.24) is 4.90 Å². The van der Waals surface area contributed by atoms with Gasteiger partial charge in [0.25, 0.3) is 11.8 Å². The molecule has 0 bridgehead atoms. The fourth-order valence-corrected chi connectivity index (χ4v) is 8.41. The summed E-state index contributed by atoms with van der Waals surface area (Å²) >= 11 is 0. The number of nitrogens with zero attached hydrogens (tertiary/aromatic N) is 2. The minimum absolute atomic E-state index is 0.237. The number of anilines is 1. The van der Waals surface area contributed by atoms with Gasteiger partial charge in [-0.2, -0.15) is 0 Å². The molecule has 9 aromatic rings. The molecule has 0 spiro atoms. The van der Waals surface area contributed by atoms with Gasteiger partial charge < -0.3 is 14.4 Å². The monoisotopic (exact) mass is 866 g/mol. The SMILES string of the molecule is CC.CC.CN1C(=O)c2cccc3c(N(C)C)ccc(c23)C1=O.COc1ccc2c(C#Cc3c4ccccc4c(C#Cc4cccc5cc(OC)ccc45)c4cc(C)ccc34)cccc2c1. The first kappa shape index (κ1) is 45.9. The first-order valence-corrected chi connectivity index (χ1v) is 22.3. The van der Waals surface area contributed by atoms with E-state index in [0.29, 0.717) is 11.1 Å². The standard InChI is InChI=1S/C41H28O2.C15H14N2O2.2C2H6/c1-27-14-19-39-38(20-15-28-8-6-10-30-25-32(42-2)17-22-34(28)30)36-12-4-5-13-37(36)40(41(39)24-27)21-16-29-9-7-11-31-26-33(43-3)18-23-35(29)31;1-16(2)12-8-7-11-13-9(12)5-4-6-10(13)14(18)17(3)15(11)19;2*1-2/h4-14,17-19,22-26H,1-3H3;4-8H,1-3H3;2*1-2H3. The number of hydrogen-bond donors (Lipinski definition) is 0. The molecule has 10 rings (SSSR count). The van der Waals surface area contributed by atoms with E-state index >= 15 is 0 Å². The molecule has 1 aliphatic heterocycles. The quantitative estimate of drug-likeness (QED) is 0.101. The lowest BCUT2D eigenvalue weighted by atomic mass is 9.90. The van der Waals surface area contributed by atoms with Gasteiger partial charge in [-0.25, -0.2) is 0 Å². The van der Waals surface area contributed by atoms with Crippen molar-refractivity contribution < 1.29 is 19.1 Å². The van der Waals surface area contributed by atoms with E-state index in [1.165, 1.54) is 17.5 Å². The second kappa shape index (κ2) is 20.2. The Kier molecular flexibility index (Phi) is 14.1. The average Bonchev–Trinajstić information content (AvgIpc) is 3.36. The number of rotatable bonds is 3. The molecule has 0 aliphatic carbocycles. The van der Waals surface area contributed by atoms with E-state index in [-0.39, 0.29) is 11.8 Å². The van der Waals surface area contributed by atoms with Crippen LogP contribution in [0.1, 0.15) is 76.2 Å². The lowest BCUT2D eigenvalue weighted by molar-refractivity contribution is 0.0650. The van der Waals surface area contributed by atoms with Crippen LogP contribution in [0.15, 0.2) is 146 Å². The fraction of sp³-hybridized carbons (Fsp3) is 0.167. The molecule has 6 heteroatoms. The minimum Gasteiger partial charge on any atom is -0.497 e. The van der Waals surface area contributed by atoms with E-state index in [1.807, 2.05) is 95.2 Å². The van der Waals surface area contributed by atoms with Crippen molar-refractivity contribution in [1.29, 1.82) is 0 Å². The van der Waals surface area contributed by atoms with E-state index in [1.54, 1.807) is 26.4 Å². The van der Waals surface area contributed by atoms with Crippen LogP contribution in [0.3, 0.4) is 0 Å². The van der Waals surface area contributed by atoms with Crippen molar-refractivity contribution in [3.8, 4) is 35.2 Å². The Bertz CT molecular complexity index is 3430. The summed E-state index contributed by atoms with van der Waals surface area (Å²) in [5.74, 6) is 15.4. The molecule has 0 radical (unpaired) electrons. The second-order valence-corrected chi connectivity index (χ2v) is 15.6. The number of ether oxygens (including phenoxy) is 2. The van der Waals surface area contributed by atoms with E-state index < -0.39 is 0 Å². The van der Waals surface area contributed by atoms with Gasteiger partial charge in [-0.15, -0.1) is 0 Å². The molecule has 9 aromatic carbocycles. The molecule has 0 saturated carbocycles. The zero-order valence-corrected chi connectivity index (χ0v) is 39.4. The molecule has 0 unspecified atom stereocenters. The molecule has 0 aromatic heterocycles. The molecule has 0 N–H and O–H groups in total. The zero-order valence-electron chi connectivity index (χ0n) is 39.4. The molecule has 66 heavy (non-hydrogen) atoms. The van der Waals surface area contributed by atoms with E-state index in [4.69, 9.17) is 9.47 Å². The normalized spacial score (nSPS) is 11.3. The van der Waals surface area contributed by atoms with Crippen molar-refractivity contribution >= 4 is 71.4 Å². The number of hydrogen-bond acceptors (Lipinski definition) is 5. The number of carbonyl (C=O) groups excluding carboxylic acids is 2. The van der Waals surface area contributed by atoms with Gasteiger partial charge >= 0.3 is 0 Å². The topological polar surface area (TPSA) is 59.1 Å². The van der Waals surface area contributed by atoms with Crippen LogP contribution in [-0.2, 0) is 0 Å². The first-order valence-electron chi connectivity index (χ1n) is 22.3. The first-order chi connectivity index (χ1) is 32.1. The van der Waals surface area contributed by atoms with Gasteiger partial charge in [0, 0.05) is 71.0 Å². The molecule has 2 amide bonds. The third-order valence-electron chi connectivity index (χ3n) is 11.6. The molecular formula is C60H54N2O4. The van der Waals surface area contributed by atoms with Crippen molar-refractivity contribution in [3.63, 3.8) is 0 Å². The molecule has 0 atom stereocenters. The Morgan fingerprint density at radius 1 is 0.470 bits per heavy atom.